The van der Waals surface area contributed by atoms with Gasteiger partial charge in [0.25, 0.3) is 5.56 Å². The number of para-hydroxylation sites is 2. The Morgan fingerprint density at radius 1 is 1.00 bits per heavy atom. The van der Waals surface area contributed by atoms with Gasteiger partial charge in [-0.2, -0.15) is 0 Å². The summed E-state index contributed by atoms with van der Waals surface area (Å²) in [6.07, 6.45) is 3.78. The maximum atomic E-state index is 12.7. The van der Waals surface area contributed by atoms with E-state index >= 15 is 0 Å². The van der Waals surface area contributed by atoms with E-state index in [9.17, 15) is 4.79 Å². The van der Waals surface area contributed by atoms with Crippen molar-refractivity contribution in [3.05, 3.63) is 87.3 Å². The quantitative estimate of drug-likeness (QED) is 0.583. The highest BCUT2D eigenvalue weighted by atomic mass is 16.1. The summed E-state index contributed by atoms with van der Waals surface area (Å²) in [6, 6.07) is 17.5. The number of H-pyrrole nitrogens is 2. The first kappa shape index (κ1) is 13.4. The minimum Gasteiger partial charge on any atom is -0.361 e. The Kier molecular flexibility index (Phi) is 3.01. The van der Waals surface area contributed by atoms with Crippen molar-refractivity contribution >= 4 is 23.6 Å². The van der Waals surface area contributed by atoms with Crippen LogP contribution < -0.4 is 16.1 Å². The number of hydrogen-bond donors (Lipinski definition) is 2. The molecule has 4 aromatic rings. The fraction of sp³-hybridized carbons (Fsp3) is 0. The van der Waals surface area contributed by atoms with Gasteiger partial charge in [-0.05, 0) is 24.3 Å². The molecule has 0 saturated heterocycles. The summed E-state index contributed by atoms with van der Waals surface area (Å²) in [6.45, 7) is 3.97. The smallest absolute Gasteiger partial charge is 0.279 e. The maximum absolute atomic E-state index is 12.7. The molecule has 0 amide bonds. The predicted octanol–water partition coefficient (Wildman–Crippen LogP) is 1.89. The number of nitrogens with zero attached hydrogens (tertiary/aromatic N) is 1. The van der Waals surface area contributed by atoms with E-state index in [1.54, 1.807) is 0 Å². The average molecular weight is 301 g/mol. The molecule has 112 valence electrons. The van der Waals surface area contributed by atoms with Gasteiger partial charge >= 0.3 is 0 Å². The van der Waals surface area contributed by atoms with Gasteiger partial charge in [0.2, 0.25) is 0 Å². The second-order valence-electron chi connectivity index (χ2n) is 5.41. The molecule has 0 fully saturated rings. The average Bonchev–Trinajstić information content (AvgIpc) is 3.12. The molecule has 0 aliphatic heterocycles. The van der Waals surface area contributed by atoms with Crippen molar-refractivity contribution in [2.75, 3.05) is 0 Å². The Labute approximate surface area is 132 Å². The molecule has 4 nitrogen and oxygen atoms in total. The Morgan fingerprint density at radius 3 is 2.57 bits per heavy atom. The van der Waals surface area contributed by atoms with Crippen LogP contribution in [-0.2, 0) is 0 Å². The molecule has 0 saturated carbocycles. The monoisotopic (exact) mass is 301 g/mol. The number of aromatic nitrogens is 3. The summed E-state index contributed by atoms with van der Waals surface area (Å²) >= 11 is 0. The maximum Gasteiger partial charge on any atom is 0.279 e. The van der Waals surface area contributed by atoms with Crippen molar-refractivity contribution in [3.8, 4) is 5.69 Å². The molecule has 0 atom stereocenters. The second kappa shape index (κ2) is 5.18. The Balaban J connectivity index is 1.95. The van der Waals surface area contributed by atoms with Crippen LogP contribution in [0.25, 0.3) is 29.2 Å². The zero-order valence-electron chi connectivity index (χ0n) is 12.4. The van der Waals surface area contributed by atoms with Crippen molar-refractivity contribution in [3.63, 3.8) is 0 Å². The number of rotatable bonds is 2. The highest BCUT2D eigenvalue weighted by Crippen LogP contribution is 2.17. The Hall–Kier alpha value is -3.27. The van der Waals surface area contributed by atoms with Crippen molar-refractivity contribution < 1.29 is 0 Å². The van der Waals surface area contributed by atoms with Crippen LogP contribution in [0, 0.1) is 0 Å². The van der Waals surface area contributed by atoms with Gasteiger partial charge in [-0.25, -0.2) is 4.68 Å². The van der Waals surface area contributed by atoms with Crippen LogP contribution in [-0.4, -0.2) is 14.8 Å². The lowest BCUT2D eigenvalue weighted by Crippen LogP contribution is -2.33. The van der Waals surface area contributed by atoms with Gasteiger partial charge in [0, 0.05) is 22.7 Å². The lowest BCUT2D eigenvalue weighted by atomic mass is 10.1. The van der Waals surface area contributed by atoms with E-state index in [1.165, 1.54) is 4.68 Å². The topological polar surface area (TPSA) is 53.6 Å². The van der Waals surface area contributed by atoms with Crippen molar-refractivity contribution in [2.24, 2.45) is 0 Å². The van der Waals surface area contributed by atoms with E-state index in [4.69, 9.17) is 0 Å². The number of nitrogens with one attached hydrogen (secondary N) is 2. The molecule has 2 aromatic carbocycles. The fourth-order valence-corrected chi connectivity index (χ4v) is 2.77. The fourth-order valence-electron chi connectivity index (χ4n) is 2.77. The third-order valence-electron chi connectivity index (χ3n) is 3.94. The first-order valence-corrected chi connectivity index (χ1v) is 7.37. The van der Waals surface area contributed by atoms with Gasteiger partial charge in [-0.1, -0.05) is 43.0 Å². The highest BCUT2D eigenvalue weighted by molar-refractivity contribution is 5.88. The largest absolute Gasteiger partial charge is 0.361 e. The van der Waals surface area contributed by atoms with Crippen LogP contribution in [0.2, 0.25) is 0 Å². The highest BCUT2D eigenvalue weighted by Gasteiger charge is 2.06. The van der Waals surface area contributed by atoms with E-state index in [1.807, 2.05) is 66.9 Å². The Morgan fingerprint density at radius 2 is 1.74 bits per heavy atom. The molecule has 0 unspecified atom stereocenters. The molecular weight excluding hydrogens is 286 g/mol. The van der Waals surface area contributed by atoms with Gasteiger partial charge in [-0.3, -0.25) is 9.89 Å². The van der Waals surface area contributed by atoms with E-state index < -0.39 is 0 Å². The van der Waals surface area contributed by atoms with Gasteiger partial charge in [-0.15, -0.1) is 0 Å². The number of fused-ring (bicyclic) bond motifs is 1. The third kappa shape index (κ3) is 2.21. The minimum absolute atomic E-state index is 0.105. The summed E-state index contributed by atoms with van der Waals surface area (Å²) in [5.74, 6) is 0. The lowest BCUT2D eigenvalue weighted by molar-refractivity contribution is 0.838. The molecular formula is C19H15N3O. The number of hydrogen-bond acceptors (Lipinski definition) is 1. The molecule has 4 rings (SSSR count). The van der Waals surface area contributed by atoms with Crippen LogP contribution in [0.15, 0.2) is 65.6 Å². The molecule has 4 heteroatoms. The summed E-state index contributed by atoms with van der Waals surface area (Å²) in [5, 5.41) is 5.29. The van der Waals surface area contributed by atoms with Gasteiger partial charge < -0.3 is 4.98 Å². The zero-order chi connectivity index (χ0) is 15.8. The number of benzene rings is 2. The molecule has 0 spiro atoms. The SMILES string of the molecule is C=c1[nH]n(-c2ccccc2)c(=O)c1=Cc1c[nH]c2ccccc12. The standard InChI is InChI=1S/C19H15N3O/c1-13-17(11-14-12-20-18-10-6-5-9-16(14)18)19(23)22(21-13)15-7-3-2-4-8-15/h2-12,20-21H,1H2. The van der Waals surface area contributed by atoms with Gasteiger partial charge in [0.1, 0.15) is 0 Å². The minimum atomic E-state index is -0.105. The first-order chi connectivity index (χ1) is 11.2. The molecule has 0 bridgehead atoms. The molecule has 2 N–H and O–H groups in total. The van der Waals surface area contributed by atoms with Gasteiger partial charge in [0.05, 0.1) is 16.3 Å². The molecule has 0 radical (unpaired) electrons. The van der Waals surface area contributed by atoms with E-state index in [-0.39, 0.29) is 5.56 Å². The van der Waals surface area contributed by atoms with Crippen LogP contribution in [0.5, 0.6) is 0 Å². The van der Waals surface area contributed by atoms with E-state index in [0.717, 1.165) is 22.2 Å². The summed E-state index contributed by atoms with van der Waals surface area (Å²) in [5.41, 5.74) is 2.71. The predicted molar refractivity (Wildman–Crippen MR) is 93.0 cm³/mol. The zero-order valence-corrected chi connectivity index (χ0v) is 12.4. The molecule has 23 heavy (non-hydrogen) atoms. The first-order valence-electron chi connectivity index (χ1n) is 7.37. The Bertz CT molecular complexity index is 1150. The van der Waals surface area contributed by atoms with Crippen LogP contribution in [0.3, 0.4) is 0 Å². The second-order valence-corrected chi connectivity index (χ2v) is 5.41. The molecule has 2 aromatic heterocycles. The number of aromatic amines is 2. The molecule has 0 aliphatic carbocycles. The van der Waals surface area contributed by atoms with Crippen molar-refractivity contribution in [2.45, 2.75) is 0 Å². The van der Waals surface area contributed by atoms with Crippen LogP contribution in [0.4, 0.5) is 0 Å². The van der Waals surface area contributed by atoms with Gasteiger partial charge in [0.15, 0.2) is 0 Å². The molecule has 0 aliphatic rings. The van der Waals surface area contributed by atoms with Crippen molar-refractivity contribution in [1.82, 2.24) is 14.8 Å². The normalized spacial score (nSPS) is 12.1. The van der Waals surface area contributed by atoms with Crippen LogP contribution in [0.1, 0.15) is 5.56 Å². The molecule has 2 heterocycles. The third-order valence-corrected chi connectivity index (χ3v) is 3.94. The van der Waals surface area contributed by atoms with E-state index in [2.05, 4.69) is 16.7 Å². The summed E-state index contributed by atoms with van der Waals surface area (Å²) in [7, 11) is 0. The van der Waals surface area contributed by atoms with Crippen molar-refractivity contribution in [1.29, 1.82) is 0 Å². The van der Waals surface area contributed by atoms with E-state index in [0.29, 0.717) is 10.6 Å². The summed E-state index contributed by atoms with van der Waals surface area (Å²) < 4.78 is 1.52. The summed E-state index contributed by atoms with van der Waals surface area (Å²) in [4.78, 5) is 15.9. The lowest BCUT2D eigenvalue weighted by Gasteiger charge is -1.98. The van der Waals surface area contributed by atoms with Crippen LogP contribution >= 0.6 is 0 Å².